The summed E-state index contributed by atoms with van der Waals surface area (Å²) in [4.78, 5) is 22.3. The first kappa shape index (κ1) is 14.5. The molecule has 0 saturated carbocycles. The Morgan fingerprint density at radius 1 is 1.19 bits per heavy atom. The van der Waals surface area contributed by atoms with E-state index in [1.54, 1.807) is 30.3 Å². The summed E-state index contributed by atoms with van der Waals surface area (Å²) in [5, 5.41) is 11.0. The van der Waals surface area contributed by atoms with E-state index in [1.807, 2.05) is 0 Å². The molecule has 108 valence electrons. The zero-order chi connectivity index (χ0) is 15.2. The Balaban J connectivity index is 2.13. The molecule has 2 aromatic rings. The highest BCUT2D eigenvalue weighted by atomic mass is 16.6. The van der Waals surface area contributed by atoms with Crippen molar-refractivity contribution < 1.29 is 19.2 Å². The summed E-state index contributed by atoms with van der Waals surface area (Å²) < 4.78 is 10.2. The molecule has 0 fully saturated rings. The van der Waals surface area contributed by atoms with Crippen molar-refractivity contribution in [2.24, 2.45) is 0 Å². The summed E-state index contributed by atoms with van der Waals surface area (Å²) in [6.45, 7) is -0.267. The minimum Gasteiger partial charge on any atom is -0.496 e. The van der Waals surface area contributed by atoms with Gasteiger partial charge in [-0.15, -0.1) is 0 Å². The van der Waals surface area contributed by atoms with Crippen LogP contribution in [-0.2, 0) is 0 Å². The predicted octanol–water partition coefficient (Wildman–Crippen LogP) is 2.87. The molecule has 0 aliphatic heterocycles. The highest BCUT2D eigenvalue weighted by molar-refractivity contribution is 5.97. The number of hydrogen-bond acceptors (Lipinski definition) is 5. The minimum atomic E-state index is -0.579. The summed E-state index contributed by atoms with van der Waals surface area (Å²) in [7, 11) is 1.42. The summed E-state index contributed by atoms with van der Waals surface area (Å²) >= 11 is 0. The molecule has 2 rings (SSSR count). The zero-order valence-corrected chi connectivity index (χ0v) is 11.3. The number of nitro groups is 1. The van der Waals surface area contributed by atoms with E-state index < -0.39 is 4.92 Å². The normalized spacial score (nSPS) is 9.95. The number of benzene rings is 2. The first-order valence-corrected chi connectivity index (χ1v) is 6.15. The van der Waals surface area contributed by atoms with Crippen molar-refractivity contribution in [3.8, 4) is 11.5 Å². The molecule has 6 heteroatoms. The van der Waals surface area contributed by atoms with Gasteiger partial charge in [0.05, 0.1) is 18.1 Å². The molecular weight excluding hydrogens is 274 g/mol. The molecule has 21 heavy (non-hydrogen) atoms. The number of ketones is 1. The number of hydrogen-bond donors (Lipinski definition) is 0. The van der Waals surface area contributed by atoms with Crippen LogP contribution in [0.4, 0.5) is 5.69 Å². The van der Waals surface area contributed by atoms with Crippen molar-refractivity contribution in [1.82, 2.24) is 0 Å². The average Bonchev–Trinajstić information content (AvgIpc) is 2.53. The van der Waals surface area contributed by atoms with Crippen LogP contribution in [0.5, 0.6) is 11.5 Å². The van der Waals surface area contributed by atoms with E-state index in [4.69, 9.17) is 9.47 Å². The molecule has 6 nitrogen and oxygen atoms in total. The van der Waals surface area contributed by atoms with Crippen LogP contribution in [0.3, 0.4) is 0 Å². The zero-order valence-electron chi connectivity index (χ0n) is 11.3. The average molecular weight is 287 g/mol. The number of carbonyl (C=O) groups excluding carboxylic acids is 1. The predicted molar refractivity (Wildman–Crippen MR) is 75.9 cm³/mol. The molecule has 0 atom stereocenters. The molecular formula is C15H13NO5. The van der Waals surface area contributed by atoms with Crippen LogP contribution < -0.4 is 9.47 Å². The van der Waals surface area contributed by atoms with Crippen LogP contribution in [-0.4, -0.2) is 24.4 Å². The van der Waals surface area contributed by atoms with E-state index in [0.717, 1.165) is 0 Å². The van der Waals surface area contributed by atoms with Gasteiger partial charge in [-0.3, -0.25) is 14.9 Å². The van der Waals surface area contributed by atoms with E-state index in [2.05, 4.69) is 0 Å². The largest absolute Gasteiger partial charge is 0.496 e. The Morgan fingerprint density at radius 3 is 2.52 bits per heavy atom. The van der Waals surface area contributed by atoms with E-state index in [1.165, 1.54) is 25.3 Å². The number of nitro benzene ring substituents is 1. The summed E-state index contributed by atoms with van der Waals surface area (Å²) in [5.41, 5.74) is 0.254. The highest BCUT2D eigenvalue weighted by Gasteiger charge is 2.17. The molecule has 2 aromatic carbocycles. The van der Waals surface area contributed by atoms with Crippen LogP contribution >= 0.6 is 0 Å². The van der Waals surface area contributed by atoms with Gasteiger partial charge in [-0.2, -0.15) is 0 Å². The van der Waals surface area contributed by atoms with Crippen molar-refractivity contribution in [3.63, 3.8) is 0 Å². The highest BCUT2D eigenvalue weighted by Crippen LogP contribution is 2.31. The smallest absolute Gasteiger partial charge is 0.314 e. The lowest BCUT2D eigenvalue weighted by Crippen LogP contribution is -2.12. The van der Waals surface area contributed by atoms with Gasteiger partial charge in [0, 0.05) is 5.56 Å². The Hall–Kier alpha value is -2.89. The molecule has 0 bridgehead atoms. The van der Waals surface area contributed by atoms with Gasteiger partial charge in [0.1, 0.15) is 5.75 Å². The van der Waals surface area contributed by atoms with Crippen molar-refractivity contribution in [2.45, 2.75) is 0 Å². The van der Waals surface area contributed by atoms with Crippen LogP contribution in [0, 0.1) is 10.1 Å². The van der Waals surface area contributed by atoms with Crippen LogP contribution in [0.25, 0.3) is 0 Å². The van der Waals surface area contributed by atoms with Gasteiger partial charge in [-0.25, -0.2) is 0 Å². The lowest BCUT2D eigenvalue weighted by atomic mass is 10.1. The van der Waals surface area contributed by atoms with Crippen molar-refractivity contribution in [2.75, 3.05) is 13.7 Å². The quantitative estimate of drug-likeness (QED) is 0.463. The lowest BCUT2D eigenvalue weighted by molar-refractivity contribution is -0.385. The topological polar surface area (TPSA) is 78.7 Å². The number of nitrogens with zero attached hydrogens (tertiary/aromatic N) is 1. The number of rotatable bonds is 6. The Morgan fingerprint density at radius 2 is 1.90 bits per heavy atom. The van der Waals surface area contributed by atoms with Crippen LogP contribution in [0.2, 0.25) is 0 Å². The molecule has 0 unspecified atom stereocenters. The Kier molecular flexibility index (Phi) is 4.50. The number of ether oxygens (including phenoxy) is 2. The molecule has 0 aliphatic rings. The third-order valence-electron chi connectivity index (χ3n) is 2.82. The maximum atomic E-state index is 11.9. The second kappa shape index (κ2) is 6.51. The molecule has 0 aliphatic carbocycles. The number of carbonyl (C=O) groups is 1. The Labute approximate surface area is 121 Å². The monoisotopic (exact) mass is 287 g/mol. The van der Waals surface area contributed by atoms with Gasteiger partial charge in [0.15, 0.2) is 18.1 Å². The summed E-state index contributed by atoms with van der Waals surface area (Å²) in [5.74, 6) is 0.134. The third-order valence-corrected chi connectivity index (χ3v) is 2.82. The Bertz CT molecular complexity index is 654. The van der Waals surface area contributed by atoms with Gasteiger partial charge in [-0.1, -0.05) is 30.3 Å². The van der Waals surface area contributed by atoms with E-state index in [9.17, 15) is 14.9 Å². The molecule has 0 aromatic heterocycles. The minimum absolute atomic E-state index is 0.0325. The SMILES string of the molecule is COc1ccc(OCC(=O)c2ccccc2)c([N+](=O)[O-])c1. The van der Waals surface area contributed by atoms with Gasteiger partial charge in [-0.05, 0) is 12.1 Å². The van der Waals surface area contributed by atoms with Crippen LogP contribution in [0.1, 0.15) is 10.4 Å². The third kappa shape index (κ3) is 3.56. The molecule has 0 N–H and O–H groups in total. The molecule has 0 heterocycles. The lowest BCUT2D eigenvalue weighted by Gasteiger charge is -2.07. The molecule has 0 amide bonds. The molecule has 0 radical (unpaired) electrons. The maximum Gasteiger partial charge on any atom is 0.314 e. The molecule has 0 saturated heterocycles. The van der Waals surface area contributed by atoms with Gasteiger partial charge >= 0.3 is 5.69 Å². The first-order chi connectivity index (χ1) is 10.1. The standard InChI is InChI=1S/C15H13NO5/c1-20-12-7-8-15(13(9-12)16(18)19)21-10-14(17)11-5-3-2-4-6-11/h2-9H,10H2,1H3. The van der Waals surface area contributed by atoms with Gasteiger partial charge < -0.3 is 9.47 Å². The fourth-order valence-corrected chi connectivity index (χ4v) is 1.74. The van der Waals surface area contributed by atoms with Crippen molar-refractivity contribution in [1.29, 1.82) is 0 Å². The number of methoxy groups -OCH3 is 1. The molecule has 0 spiro atoms. The summed E-state index contributed by atoms with van der Waals surface area (Å²) in [6, 6.07) is 12.8. The van der Waals surface area contributed by atoms with E-state index >= 15 is 0 Å². The van der Waals surface area contributed by atoms with Crippen LogP contribution in [0.15, 0.2) is 48.5 Å². The first-order valence-electron chi connectivity index (χ1n) is 6.15. The van der Waals surface area contributed by atoms with Crippen molar-refractivity contribution >= 4 is 11.5 Å². The fourth-order valence-electron chi connectivity index (χ4n) is 1.74. The second-order valence-electron chi connectivity index (χ2n) is 4.17. The van der Waals surface area contributed by atoms with Crippen molar-refractivity contribution in [3.05, 3.63) is 64.2 Å². The van der Waals surface area contributed by atoms with Gasteiger partial charge in [0.2, 0.25) is 0 Å². The second-order valence-corrected chi connectivity index (χ2v) is 4.17. The maximum absolute atomic E-state index is 11.9. The van der Waals surface area contributed by atoms with Gasteiger partial charge in [0.25, 0.3) is 0 Å². The fraction of sp³-hybridized carbons (Fsp3) is 0.133. The number of Topliss-reactive ketones (excluding diaryl/α,β-unsaturated/α-hetero) is 1. The summed E-state index contributed by atoms with van der Waals surface area (Å²) in [6.07, 6.45) is 0. The van der Waals surface area contributed by atoms with E-state index in [-0.39, 0.29) is 23.8 Å². The van der Waals surface area contributed by atoms with E-state index in [0.29, 0.717) is 11.3 Å².